The zero-order valence-electron chi connectivity index (χ0n) is 26.8. The molecule has 3 aliphatic heterocycles. The van der Waals surface area contributed by atoms with Gasteiger partial charge in [0.15, 0.2) is 6.19 Å². The van der Waals surface area contributed by atoms with Gasteiger partial charge in [0.05, 0.1) is 13.1 Å². The summed E-state index contributed by atoms with van der Waals surface area (Å²) in [6.07, 6.45) is 6.39. The smallest absolute Gasteiger partial charge is 0.410 e. The molecule has 5 rings (SSSR count). The third-order valence-corrected chi connectivity index (χ3v) is 8.96. The number of nitrogens with one attached hydrogen (secondary N) is 3. The van der Waals surface area contributed by atoms with E-state index in [4.69, 9.17) is 14.7 Å². The van der Waals surface area contributed by atoms with Crippen LogP contribution in [0.1, 0.15) is 76.8 Å². The van der Waals surface area contributed by atoms with Gasteiger partial charge in [0.25, 0.3) is 5.91 Å². The van der Waals surface area contributed by atoms with Crippen molar-refractivity contribution in [3.63, 3.8) is 0 Å². The molecule has 47 heavy (non-hydrogen) atoms. The molecular weight excluding hydrogens is 611 g/mol. The fourth-order valence-corrected chi connectivity index (χ4v) is 6.50. The van der Waals surface area contributed by atoms with Crippen molar-refractivity contribution >= 4 is 29.9 Å². The quantitative estimate of drug-likeness (QED) is 0.254. The molecule has 14 heteroatoms. The van der Waals surface area contributed by atoms with Crippen LogP contribution in [-0.2, 0) is 36.9 Å². The largest absolute Gasteiger partial charge is 0.444 e. The summed E-state index contributed by atoms with van der Waals surface area (Å²) < 4.78 is 25.5. The Morgan fingerprint density at radius 1 is 1.15 bits per heavy atom. The average Bonchev–Trinajstić information content (AvgIpc) is 3.31. The Kier molecular flexibility index (Phi) is 9.74. The molecule has 1 saturated carbocycles. The fraction of sp³-hybridized carbons (Fsp3) is 0.576. The lowest BCUT2D eigenvalue weighted by molar-refractivity contribution is -0.141. The van der Waals surface area contributed by atoms with Gasteiger partial charge in [0, 0.05) is 24.4 Å². The Balaban J connectivity index is 1.39. The van der Waals surface area contributed by atoms with Crippen LogP contribution < -0.4 is 16.0 Å². The molecule has 3 N–H and O–H groups in total. The fourth-order valence-electron chi connectivity index (χ4n) is 6.50. The van der Waals surface area contributed by atoms with Crippen LogP contribution in [0.2, 0.25) is 0 Å². The summed E-state index contributed by atoms with van der Waals surface area (Å²) in [4.78, 5) is 69.7. The number of carbonyl (C=O) groups is 5. The minimum absolute atomic E-state index is 0.0213. The van der Waals surface area contributed by atoms with Crippen molar-refractivity contribution in [2.24, 2.45) is 5.92 Å². The van der Waals surface area contributed by atoms with Gasteiger partial charge in [0.2, 0.25) is 11.8 Å². The predicted molar refractivity (Wildman–Crippen MR) is 164 cm³/mol. The highest BCUT2D eigenvalue weighted by Gasteiger charge is 2.61. The van der Waals surface area contributed by atoms with Gasteiger partial charge in [-0.1, -0.05) is 37.1 Å². The van der Waals surface area contributed by atoms with E-state index in [0.29, 0.717) is 17.5 Å². The Bertz CT molecular complexity index is 1500. The first kappa shape index (κ1) is 33.7. The minimum atomic E-state index is -1.37. The number of nitriles is 1. The van der Waals surface area contributed by atoms with Crippen LogP contribution >= 0.6 is 0 Å². The molecule has 1 aliphatic carbocycles. The van der Waals surface area contributed by atoms with Gasteiger partial charge in [-0.15, -0.1) is 0 Å². The molecule has 0 bridgehead atoms. The number of hydrogen-bond donors (Lipinski definition) is 3. The van der Waals surface area contributed by atoms with E-state index in [1.807, 2.05) is 12.2 Å². The Labute approximate surface area is 272 Å². The summed E-state index contributed by atoms with van der Waals surface area (Å²) in [5, 5.41) is 16.7. The number of carbonyl (C=O) groups excluding carboxylic acids is 5. The number of halogens is 1. The van der Waals surface area contributed by atoms with Gasteiger partial charge < -0.3 is 25.0 Å². The third-order valence-electron chi connectivity index (χ3n) is 8.96. The number of rotatable bonds is 3. The molecular formula is C33H41FN6O7. The predicted octanol–water partition coefficient (Wildman–Crippen LogP) is 3.13. The zero-order chi connectivity index (χ0) is 33.9. The topological polar surface area (TPSA) is 170 Å². The lowest BCUT2D eigenvalue weighted by Gasteiger charge is -2.30. The molecule has 0 radical (unpaired) electrons. The van der Waals surface area contributed by atoms with Crippen molar-refractivity contribution in [3.05, 3.63) is 47.3 Å². The molecule has 13 nitrogen and oxygen atoms in total. The summed E-state index contributed by atoms with van der Waals surface area (Å²) >= 11 is 0. The molecule has 1 aromatic rings. The maximum absolute atomic E-state index is 14.3. The summed E-state index contributed by atoms with van der Waals surface area (Å²) in [6.45, 7) is 5.13. The van der Waals surface area contributed by atoms with E-state index in [1.165, 1.54) is 15.9 Å². The Hall–Kier alpha value is -4.67. The van der Waals surface area contributed by atoms with Gasteiger partial charge in [-0.2, -0.15) is 5.26 Å². The van der Waals surface area contributed by atoms with Gasteiger partial charge in [-0.05, 0) is 58.1 Å². The van der Waals surface area contributed by atoms with Crippen LogP contribution in [0, 0.1) is 23.2 Å². The first-order valence-electron chi connectivity index (χ1n) is 16.0. The molecule has 4 aliphatic rings. The summed E-state index contributed by atoms with van der Waals surface area (Å²) in [6, 6.07) is 2.44. The van der Waals surface area contributed by atoms with E-state index < -0.39 is 65.1 Å². The highest BCUT2D eigenvalue weighted by molar-refractivity contribution is 5.99. The summed E-state index contributed by atoms with van der Waals surface area (Å²) in [5.74, 6) is -2.62. The molecule has 2 fully saturated rings. The summed E-state index contributed by atoms with van der Waals surface area (Å²) in [5.41, 5.74) is -1.11. The number of amides is 5. The first-order chi connectivity index (χ1) is 22.3. The van der Waals surface area contributed by atoms with Gasteiger partial charge >= 0.3 is 12.2 Å². The third kappa shape index (κ3) is 7.66. The Morgan fingerprint density at radius 3 is 2.66 bits per heavy atom. The van der Waals surface area contributed by atoms with Crippen LogP contribution in [0.5, 0.6) is 0 Å². The number of alkyl carbamates (subject to hydrolysis) is 1. The van der Waals surface area contributed by atoms with Crippen molar-refractivity contribution in [3.8, 4) is 6.19 Å². The Morgan fingerprint density at radius 2 is 1.94 bits per heavy atom. The van der Waals surface area contributed by atoms with Gasteiger partial charge in [0.1, 0.15) is 35.1 Å². The van der Waals surface area contributed by atoms with Crippen molar-refractivity contribution in [1.82, 2.24) is 25.8 Å². The van der Waals surface area contributed by atoms with Crippen molar-refractivity contribution < 1.29 is 37.8 Å². The zero-order valence-corrected chi connectivity index (χ0v) is 26.8. The standard InChI is InChI=1S/C33H41FN6O7/c1-32(2,3)47-30(44)37-25-13-8-6-4-5-7-11-21-15-33(21,29(43)36-19-35)38-27(41)26-14-22(17-40(26)28(25)42)46-31(45)39-16-20-10-9-12-24(34)23(20)18-39/h7,9-12,21-22,25-26H,4-6,8,13-18H2,1-3H3,(H,36,43)(H,37,44)(H,38,41)/b11-7+/t21?,22-,25-,26+,33-/m1/s1. The normalized spacial score (nSPS) is 28.2. The molecule has 1 unspecified atom stereocenters. The van der Waals surface area contributed by atoms with Crippen LogP contribution in [-0.4, -0.2) is 75.6 Å². The van der Waals surface area contributed by atoms with E-state index in [0.717, 1.165) is 19.3 Å². The number of hydrogen-bond acceptors (Lipinski definition) is 8. The van der Waals surface area contributed by atoms with E-state index >= 15 is 0 Å². The van der Waals surface area contributed by atoms with Crippen molar-refractivity contribution in [2.45, 2.75) is 108 Å². The number of ether oxygens (including phenoxy) is 2. The highest BCUT2D eigenvalue weighted by atomic mass is 19.1. The molecule has 0 spiro atoms. The number of allylic oxidation sites excluding steroid dienone is 1. The van der Waals surface area contributed by atoms with Crippen molar-refractivity contribution in [2.75, 3.05) is 6.54 Å². The van der Waals surface area contributed by atoms with E-state index in [2.05, 4.69) is 16.0 Å². The molecule has 252 valence electrons. The maximum Gasteiger partial charge on any atom is 0.410 e. The van der Waals surface area contributed by atoms with Crippen LogP contribution in [0.25, 0.3) is 0 Å². The molecule has 0 aromatic heterocycles. The lowest BCUT2D eigenvalue weighted by Crippen LogP contribution is -2.57. The number of nitrogens with zero attached hydrogens (tertiary/aromatic N) is 3. The maximum atomic E-state index is 14.3. The molecule has 3 heterocycles. The van der Waals surface area contributed by atoms with Crippen molar-refractivity contribution in [1.29, 1.82) is 5.26 Å². The molecule has 5 atom stereocenters. The highest BCUT2D eigenvalue weighted by Crippen LogP contribution is 2.45. The van der Waals surface area contributed by atoms with E-state index in [-0.39, 0.29) is 44.8 Å². The molecule has 1 saturated heterocycles. The second-order valence-electron chi connectivity index (χ2n) is 13.6. The van der Waals surface area contributed by atoms with E-state index in [1.54, 1.807) is 39.1 Å². The molecule has 1 aromatic carbocycles. The van der Waals surface area contributed by atoms with E-state index in [9.17, 15) is 28.4 Å². The molecule has 5 amide bonds. The van der Waals surface area contributed by atoms with Crippen LogP contribution in [0.15, 0.2) is 30.4 Å². The SMILES string of the molecule is CC(C)(C)OC(=O)N[C@@H]1CCCCC/C=C/C2C[C@@]2(C(=O)NC#N)NC(=O)[C@@H]2C[C@@H](OC(=O)N3Cc4cccc(F)c4C3)CN2C1=O. The minimum Gasteiger partial charge on any atom is -0.444 e. The van der Waals surface area contributed by atoms with Crippen LogP contribution in [0.3, 0.4) is 0 Å². The first-order valence-corrected chi connectivity index (χ1v) is 16.0. The average molecular weight is 653 g/mol. The van der Waals surface area contributed by atoms with Crippen LogP contribution in [0.4, 0.5) is 14.0 Å². The van der Waals surface area contributed by atoms with Gasteiger partial charge in [-0.3, -0.25) is 24.6 Å². The monoisotopic (exact) mass is 652 g/mol. The second-order valence-corrected chi connectivity index (χ2v) is 13.6. The summed E-state index contributed by atoms with van der Waals surface area (Å²) in [7, 11) is 0. The van der Waals surface area contributed by atoms with Gasteiger partial charge in [-0.25, -0.2) is 14.0 Å². The number of benzene rings is 1. The second kappa shape index (κ2) is 13.6. The number of fused-ring (bicyclic) bond motifs is 3. The lowest BCUT2D eigenvalue weighted by atomic mass is 10.0.